The van der Waals surface area contributed by atoms with Crippen molar-refractivity contribution in [2.45, 2.75) is 26.3 Å². The van der Waals surface area contributed by atoms with Crippen molar-refractivity contribution in [1.29, 1.82) is 0 Å². The van der Waals surface area contributed by atoms with Crippen molar-refractivity contribution < 1.29 is 4.79 Å². The minimum Gasteiger partial charge on any atom is -0.355 e. The van der Waals surface area contributed by atoms with Gasteiger partial charge >= 0.3 is 0 Å². The summed E-state index contributed by atoms with van der Waals surface area (Å²) in [4.78, 5) is 22.4. The fraction of sp³-hybridized carbons (Fsp3) is 0.500. The van der Waals surface area contributed by atoms with Crippen LogP contribution in [0.1, 0.15) is 18.4 Å². The van der Waals surface area contributed by atoms with E-state index < -0.39 is 0 Å². The van der Waals surface area contributed by atoms with E-state index in [9.17, 15) is 4.79 Å². The lowest BCUT2D eigenvalue weighted by Gasteiger charge is -2.18. The number of hydrogen-bond acceptors (Lipinski definition) is 5. The number of rotatable bonds is 9. The highest BCUT2D eigenvalue weighted by Crippen LogP contribution is 1.97. The molecule has 27 heavy (non-hydrogen) atoms. The van der Waals surface area contributed by atoms with Crippen LogP contribution in [0.15, 0.2) is 35.7 Å². The molecule has 9 heteroatoms. The lowest BCUT2D eigenvalue weighted by molar-refractivity contribution is -0.128. The van der Waals surface area contributed by atoms with Crippen LogP contribution in [0.5, 0.6) is 0 Å². The minimum atomic E-state index is 0.000889. The number of carbonyl (C=O) groups excluding carboxylic acids is 1. The van der Waals surface area contributed by atoms with Gasteiger partial charge in [-0.3, -0.25) is 14.8 Å². The van der Waals surface area contributed by atoms with Gasteiger partial charge < -0.3 is 20.1 Å². The van der Waals surface area contributed by atoms with Gasteiger partial charge in [0, 0.05) is 58.5 Å². The molecule has 9 nitrogen and oxygen atoms in total. The van der Waals surface area contributed by atoms with E-state index >= 15 is 0 Å². The Hall–Kier alpha value is -2.97. The molecule has 0 aliphatic heterocycles. The Balaban J connectivity index is 1.68. The summed E-state index contributed by atoms with van der Waals surface area (Å²) in [7, 11) is 3.47. The molecule has 0 fully saturated rings. The maximum atomic E-state index is 12.3. The van der Waals surface area contributed by atoms with Gasteiger partial charge in [0.2, 0.25) is 5.91 Å². The summed E-state index contributed by atoms with van der Waals surface area (Å²) in [5.74, 6) is 1.54. The van der Waals surface area contributed by atoms with E-state index in [2.05, 4.69) is 30.8 Å². The van der Waals surface area contributed by atoms with Gasteiger partial charge in [-0.1, -0.05) is 13.0 Å². The van der Waals surface area contributed by atoms with Crippen LogP contribution in [0.3, 0.4) is 0 Å². The van der Waals surface area contributed by atoms with E-state index in [0.717, 1.165) is 30.9 Å². The number of amides is 1. The molecule has 0 bridgehead atoms. The molecule has 1 amide bonds. The van der Waals surface area contributed by atoms with E-state index in [1.807, 2.05) is 29.7 Å². The number of aromatic nitrogens is 4. The molecule has 0 spiro atoms. The maximum Gasteiger partial charge on any atom is 0.241 e. The van der Waals surface area contributed by atoms with Crippen molar-refractivity contribution in [3.8, 4) is 0 Å². The molecule has 2 heterocycles. The van der Waals surface area contributed by atoms with Crippen LogP contribution < -0.4 is 10.6 Å². The van der Waals surface area contributed by atoms with E-state index in [1.165, 1.54) is 0 Å². The van der Waals surface area contributed by atoms with Gasteiger partial charge in [-0.25, -0.2) is 0 Å². The molecule has 0 aromatic carbocycles. The second-order valence-electron chi connectivity index (χ2n) is 6.03. The second kappa shape index (κ2) is 10.9. The largest absolute Gasteiger partial charge is 0.355 e. The molecule has 0 aliphatic rings. The smallest absolute Gasteiger partial charge is 0.241 e. The molecule has 0 saturated heterocycles. The van der Waals surface area contributed by atoms with Gasteiger partial charge in [0.15, 0.2) is 5.96 Å². The molecule has 146 valence electrons. The Morgan fingerprint density at radius 2 is 2.19 bits per heavy atom. The van der Waals surface area contributed by atoms with Gasteiger partial charge in [-0.2, -0.15) is 0 Å². The third kappa shape index (κ3) is 6.69. The predicted octanol–water partition coefficient (Wildman–Crippen LogP) is 0.102. The Morgan fingerprint density at radius 3 is 2.89 bits per heavy atom. The van der Waals surface area contributed by atoms with Crippen molar-refractivity contribution in [2.75, 3.05) is 33.7 Å². The third-order valence-electron chi connectivity index (χ3n) is 4.14. The number of aryl methyl sites for hydroxylation is 1. The fourth-order valence-electron chi connectivity index (χ4n) is 2.50. The van der Waals surface area contributed by atoms with Gasteiger partial charge in [-0.15, -0.1) is 10.2 Å². The molecule has 2 N–H and O–H groups in total. The first-order chi connectivity index (χ1) is 13.1. The van der Waals surface area contributed by atoms with Gasteiger partial charge in [0.05, 0.1) is 6.54 Å². The average Bonchev–Trinajstić information content (AvgIpc) is 3.16. The van der Waals surface area contributed by atoms with Crippen molar-refractivity contribution in [3.63, 3.8) is 0 Å². The Bertz CT molecular complexity index is 728. The number of aliphatic imine (C=N–C) groups is 1. The second-order valence-corrected chi connectivity index (χ2v) is 6.03. The Kier molecular flexibility index (Phi) is 8.21. The highest BCUT2D eigenvalue weighted by Gasteiger charge is 2.10. The third-order valence-corrected chi connectivity index (χ3v) is 4.14. The van der Waals surface area contributed by atoms with Crippen molar-refractivity contribution >= 4 is 11.9 Å². The number of nitrogens with zero attached hydrogens (tertiary/aromatic N) is 6. The molecule has 0 unspecified atom stereocenters. The number of likely N-dealkylation sites (N-methyl/N-ethyl adjacent to an activating group) is 1. The quantitative estimate of drug-likeness (QED) is 0.478. The van der Waals surface area contributed by atoms with Gasteiger partial charge in [0.25, 0.3) is 0 Å². The summed E-state index contributed by atoms with van der Waals surface area (Å²) in [5, 5.41) is 14.2. The van der Waals surface area contributed by atoms with Crippen molar-refractivity contribution in [1.82, 2.24) is 35.3 Å². The van der Waals surface area contributed by atoms with Crippen LogP contribution >= 0.6 is 0 Å². The monoisotopic (exact) mass is 372 g/mol. The Labute approximate surface area is 159 Å². The van der Waals surface area contributed by atoms with Crippen LogP contribution in [0.4, 0.5) is 0 Å². The number of guanidine groups is 1. The van der Waals surface area contributed by atoms with Crippen LogP contribution in [0.25, 0.3) is 0 Å². The maximum absolute atomic E-state index is 12.3. The van der Waals surface area contributed by atoms with E-state index in [4.69, 9.17) is 0 Å². The lowest BCUT2D eigenvalue weighted by Crippen LogP contribution is -2.44. The molecular weight excluding hydrogens is 344 g/mol. The van der Waals surface area contributed by atoms with Gasteiger partial charge in [-0.05, 0) is 12.1 Å². The number of carbonyl (C=O) groups is 1. The summed E-state index contributed by atoms with van der Waals surface area (Å²) in [5.41, 5.74) is 0.975. The fourth-order valence-corrected chi connectivity index (χ4v) is 2.50. The zero-order valence-corrected chi connectivity index (χ0v) is 16.2. The molecule has 0 radical (unpaired) electrons. The number of pyridine rings is 1. The molecule has 0 atom stereocenters. The number of hydrogen-bond donors (Lipinski definition) is 2. The molecule has 0 saturated carbocycles. The molecule has 2 aromatic heterocycles. The first-order valence-corrected chi connectivity index (χ1v) is 9.09. The SMILES string of the molecule is CCc1nncn1CCNC(=NC)NCC(=O)N(C)CCc1ccccn1. The van der Waals surface area contributed by atoms with E-state index in [1.54, 1.807) is 31.5 Å². The molecule has 0 aliphatic carbocycles. The zero-order valence-electron chi connectivity index (χ0n) is 16.2. The highest BCUT2D eigenvalue weighted by molar-refractivity contribution is 5.86. The molecule has 2 rings (SSSR count). The standard InChI is InChI=1S/C18H28N8O/c1-4-16-24-23-14-26(16)12-10-21-18(19-2)22-13-17(27)25(3)11-8-15-7-5-6-9-20-15/h5-7,9,14H,4,8,10-13H2,1-3H3,(H2,19,21,22). The zero-order chi connectivity index (χ0) is 19.5. The average molecular weight is 372 g/mol. The minimum absolute atomic E-state index is 0.000889. The highest BCUT2D eigenvalue weighted by atomic mass is 16.2. The van der Waals surface area contributed by atoms with Crippen LogP contribution in [-0.4, -0.2) is 70.2 Å². The lowest BCUT2D eigenvalue weighted by atomic mass is 10.2. The summed E-state index contributed by atoms with van der Waals surface area (Å²) >= 11 is 0. The van der Waals surface area contributed by atoms with Crippen LogP contribution in [0.2, 0.25) is 0 Å². The van der Waals surface area contributed by atoms with E-state index in [0.29, 0.717) is 19.0 Å². The summed E-state index contributed by atoms with van der Waals surface area (Å²) in [6.07, 6.45) is 5.05. The topological polar surface area (TPSA) is 100 Å². The first kappa shape index (κ1) is 20.3. The molecule has 2 aromatic rings. The number of nitrogens with one attached hydrogen (secondary N) is 2. The summed E-state index contributed by atoms with van der Waals surface area (Å²) < 4.78 is 2.00. The summed E-state index contributed by atoms with van der Waals surface area (Å²) in [6, 6.07) is 5.79. The van der Waals surface area contributed by atoms with E-state index in [-0.39, 0.29) is 12.5 Å². The van der Waals surface area contributed by atoms with Crippen LogP contribution in [-0.2, 0) is 24.2 Å². The van der Waals surface area contributed by atoms with Crippen molar-refractivity contribution in [3.05, 3.63) is 42.2 Å². The van der Waals surface area contributed by atoms with Crippen molar-refractivity contribution in [2.24, 2.45) is 4.99 Å². The van der Waals surface area contributed by atoms with Gasteiger partial charge in [0.1, 0.15) is 12.2 Å². The first-order valence-electron chi connectivity index (χ1n) is 9.09. The Morgan fingerprint density at radius 1 is 1.33 bits per heavy atom. The molecular formula is C18H28N8O. The van der Waals surface area contributed by atoms with Crippen LogP contribution in [0, 0.1) is 0 Å². The predicted molar refractivity (Wildman–Crippen MR) is 104 cm³/mol. The normalized spacial score (nSPS) is 11.3. The summed E-state index contributed by atoms with van der Waals surface area (Å²) in [6.45, 7) is 4.25.